The predicted molar refractivity (Wildman–Crippen MR) is 38.9 cm³/mol. The number of aliphatic carboxylic acids is 1. The van der Waals surface area contributed by atoms with E-state index in [1.165, 1.54) is 0 Å². The van der Waals surface area contributed by atoms with E-state index in [2.05, 4.69) is 0 Å². The van der Waals surface area contributed by atoms with Crippen LogP contribution < -0.4 is 29.6 Å². The molecule has 0 unspecified atom stereocenters. The second-order valence-electron chi connectivity index (χ2n) is 1.82. The molecule has 0 bridgehead atoms. The van der Waals surface area contributed by atoms with Crippen LogP contribution in [-0.2, 0) is 14.9 Å². The predicted octanol–water partition coefficient (Wildman–Crippen LogP) is -2.98. The standard InChI is InChI=1S/C5H8O5S.Na.H/c6-5(7)3-1-2-4-11(8,9)10;;/h1-2H,3-4H2,(H,6,7)(H,8,9,10);;/q;+1;-1. The van der Waals surface area contributed by atoms with Gasteiger partial charge in [-0.3, -0.25) is 9.35 Å². The first kappa shape index (κ1) is 14.6. The molecule has 2 N–H and O–H groups in total. The van der Waals surface area contributed by atoms with Gasteiger partial charge in [-0.25, -0.2) is 0 Å². The van der Waals surface area contributed by atoms with Gasteiger partial charge >= 0.3 is 35.5 Å². The van der Waals surface area contributed by atoms with Gasteiger partial charge in [-0.05, 0) is 0 Å². The summed E-state index contributed by atoms with van der Waals surface area (Å²) in [7, 11) is -4.00. The van der Waals surface area contributed by atoms with Crippen LogP contribution in [0.5, 0.6) is 0 Å². The van der Waals surface area contributed by atoms with Gasteiger partial charge < -0.3 is 6.53 Å². The van der Waals surface area contributed by atoms with E-state index in [1.54, 1.807) is 0 Å². The minimum atomic E-state index is -4.00. The molecule has 0 amide bonds. The number of hydrogen-bond acceptors (Lipinski definition) is 3. The molecule has 0 aliphatic rings. The van der Waals surface area contributed by atoms with Crippen molar-refractivity contribution < 1.29 is 53.9 Å². The van der Waals surface area contributed by atoms with Crippen molar-refractivity contribution in [3.8, 4) is 0 Å². The zero-order chi connectivity index (χ0) is 8.91. The van der Waals surface area contributed by atoms with E-state index in [0.29, 0.717) is 0 Å². The summed E-state index contributed by atoms with van der Waals surface area (Å²) in [6, 6.07) is 0. The van der Waals surface area contributed by atoms with Gasteiger partial charge in [0, 0.05) is 0 Å². The maximum absolute atomic E-state index is 10.0. The molecule has 0 aliphatic carbocycles. The summed E-state index contributed by atoms with van der Waals surface area (Å²) >= 11 is 0. The summed E-state index contributed by atoms with van der Waals surface area (Å²) in [6.45, 7) is 0. The van der Waals surface area contributed by atoms with E-state index in [1.807, 2.05) is 0 Å². The van der Waals surface area contributed by atoms with E-state index < -0.39 is 21.8 Å². The summed E-state index contributed by atoms with van der Waals surface area (Å²) in [5.74, 6) is -1.59. The number of carboxylic acids is 1. The molecule has 0 saturated carbocycles. The number of hydrogen-bond donors (Lipinski definition) is 2. The molecule has 0 radical (unpaired) electrons. The molecular weight excluding hydrogens is 195 g/mol. The molecule has 0 aromatic heterocycles. The van der Waals surface area contributed by atoms with Crippen molar-refractivity contribution in [3.05, 3.63) is 12.2 Å². The van der Waals surface area contributed by atoms with E-state index in [-0.39, 0.29) is 37.4 Å². The first-order valence-electron chi connectivity index (χ1n) is 2.74. The maximum atomic E-state index is 10.0. The average Bonchev–Trinajstić information content (AvgIpc) is 1.78. The Balaban J connectivity index is -0.000000500. The van der Waals surface area contributed by atoms with Gasteiger partial charge in [0.15, 0.2) is 0 Å². The van der Waals surface area contributed by atoms with Crippen LogP contribution in [0.15, 0.2) is 12.2 Å². The SMILES string of the molecule is O=C(O)CC=CCS(=O)(=O)O.[H-].[Na+]. The van der Waals surface area contributed by atoms with E-state index >= 15 is 0 Å². The Bertz CT molecular complexity index is 260. The maximum Gasteiger partial charge on any atom is 1.00 e. The quantitative estimate of drug-likeness (QED) is 0.290. The Labute approximate surface area is 94.0 Å². The van der Waals surface area contributed by atoms with E-state index in [9.17, 15) is 13.2 Å². The van der Waals surface area contributed by atoms with Crippen molar-refractivity contribution in [2.75, 3.05) is 5.75 Å². The Morgan fingerprint density at radius 1 is 1.42 bits per heavy atom. The molecule has 0 aliphatic heterocycles. The fourth-order valence-electron chi connectivity index (χ4n) is 0.374. The van der Waals surface area contributed by atoms with Gasteiger partial charge in [0.05, 0.1) is 12.2 Å². The summed E-state index contributed by atoms with van der Waals surface area (Å²) in [5.41, 5.74) is 0. The summed E-state index contributed by atoms with van der Waals surface area (Å²) in [4.78, 5) is 9.86. The van der Waals surface area contributed by atoms with Gasteiger partial charge in [-0.2, -0.15) is 8.42 Å². The van der Waals surface area contributed by atoms with Gasteiger partial charge in [-0.15, -0.1) is 0 Å². The minimum Gasteiger partial charge on any atom is -1.00 e. The van der Waals surface area contributed by atoms with Crippen molar-refractivity contribution in [3.63, 3.8) is 0 Å². The third-order valence-electron chi connectivity index (χ3n) is 0.766. The van der Waals surface area contributed by atoms with Crippen molar-refractivity contribution in [1.29, 1.82) is 0 Å². The van der Waals surface area contributed by atoms with Crippen LogP contribution in [0.4, 0.5) is 0 Å². The zero-order valence-electron chi connectivity index (χ0n) is 7.60. The smallest absolute Gasteiger partial charge is 1.00 e. The summed E-state index contributed by atoms with van der Waals surface area (Å²) in [6.07, 6.45) is 2.01. The molecule has 0 saturated heterocycles. The largest absolute Gasteiger partial charge is 1.00 e. The topological polar surface area (TPSA) is 91.7 Å². The zero-order valence-corrected chi connectivity index (χ0v) is 9.41. The van der Waals surface area contributed by atoms with Crippen molar-refractivity contribution >= 4 is 16.1 Å². The van der Waals surface area contributed by atoms with Crippen LogP contribution in [-0.4, -0.2) is 29.8 Å². The third-order valence-corrected chi connectivity index (χ3v) is 1.38. The van der Waals surface area contributed by atoms with E-state index in [4.69, 9.17) is 9.66 Å². The first-order valence-corrected chi connectivity index (χ1v) is 4.34. The van der Waals surface area contributed by atoms with Crippen LogP contribution in [0.3, 0.4) is 0 Å². The van der Waals surface area contributed by atoms with Crippen LogP contribution in [0.1, 0.15) is 7.85 Å². The van der Waals surface area contributed by atoms with Crippen LogP contribution >= 0.6 is 0 Å². The Hall–Kier alpha value is 0.120. The normalized spacial score (nSPS) is 11.1. The van der Waals surface area contributed by atoms with Gasteiger partial charge in [0.2, 0.25) is 0 Å². The summed E-state index contributed by atoms with van der Waals surface area (Å²) < 4.78 is 28.2. The molecule has 66 valence electrons. The second kappa shape index (κ2) is 6.62. The Morgan fingerprint density at radius 2 is 1.92 bits per heavy atom. The van der Waals surface area contributed by atoms with E-state index in [0.717, 1.165) is 12.2 Å². The van der Waals surface area contributed by atoms with Gasteiger partial charge in [0.1, 0.15) is 0 Å². The van der Waals surface area contributed by atoms with Gasteiger partial charge in [0.25, 0.3) is 10.1 Å². The number of carboxylic acid groups (broad SMARTS) is 1. The van der Waals surface area contributed by atoms with Gasteiger partial charge in [-0.1, -0.05) is 12.2 Å². The minimum absolute atomic E-state index is 0. The fraction of sp³-hybridized carbons (Fsp3) is 0.400. The first-order chi connectivity index (χ1) is 4.92. The molecule has 7 heteroatoms. The van der Waals surface area contributed by atoms with Crippen molar-refractivity contribution in [2.45, 2.75) is 6.42 Å². The Kier molecular flexibility index (Phi) is 8.07. The molecular formula is C5H9NaO5S. The molecule has 0 atom stereocenters. The monoisotopic (exact) mass is 204 g/mol. The second-order valence-corrected chi connectivity index (χ2v) is 3.32. The Morgan fingerprint density at radius 3 is 2.25 bits per heavy atom. The molecule has 0 rings (SSSR count). The summed E-state index contributed by atoms with van der Waals surface area (Å²) in [5, 5.41) is 8.08. The third kappa shape index (κ3) is 12.8. The van der Waals surface area contributed by atoms with Crippen LogP contribution in [0.25, 0.3) is 0 Å². The molecule has 0 fully saturated rings. The van der Waals surface area contributed by atoms with Crippen molar-refractivity contribution in [1.82, 2.24) is 0 Å². The molecule has 0 aromatic rings. The molecule has 12 heavy (non-hydrogen) atoms. The molecule has 5 nitrogen and oxygen atoms in total. The number of carbonyl (C=O) groups is 1. The number of rotatable bonds is 4. The van der Waals surface area contributed by atoms with Crippen LogP contribution in [0, 0.1) is 0 Å². The molecule has 0 aromatic carbocycles. The van der Waals surface area contributed by atoms with Crippen LogP contribution in [0.2, 0.25) is 0 Å². The van der Waals surface area contributed by atoms with Crippen molar-refractivity contribution in [2.24, 2.45) is 0 Å². The molecule has 0 heterocycles. The molecule has 0 spiro atoms. The fourth-order valence-corrected chi connectivity index (χ4v) is 0.753. The average molecular weight is 204 g/mol.